The molecule has 0 unspecified atom stereocenters. The molecule has 3 amide bonds. The van der Waals surface area contributed by atoms with Crippen molar-refractivity contribution in [3.63, 3.8) is 0 Å². The zero-order valence-corrected chi connectivity index (χ0v) is 19.3. The first-order chi connectivity index (χ1) is 15.3. The largest absolute Gasteiger partial charge is 0.494 e. The molecule has 2 heterocycles. The summed E-state index contributed by atoms with van der Waals surface area (Å²) in [4.78, 5) is 38.2. The maximum atomic E-state index is 14.0. The van der Waals surface area contributed by atoms with Crippen LogP contribution >= 0.6 is 23.4 Å². The van der Waals surface area contributed by atoms with E-state index in [1.54, 1.807) is 23.1 Å². The van der Waals surface area contributed by atoms with Gasteiger partial charge in [-0.15, -0.1) is 5.10 Å². The summed E-state index contributed by atoms with van der Waals surface area (Å²) in [6.45, 7) is 5.28. The topological polar surface area (TPSA) is 91.3 Å². The molecule has 0 aliphatic carbocycles. The van der Waals surface area contributed by atoms with Crippen LogP contribution in [0.5, 0.6) is 5.75 Å². The van der Waals surface area contributed by atoms with E-state index in [9.17, 15) is 14.4 Å². The summed E-state index contributed by atoms with van der Waals surface area (Å²) in [6, 6.07) is 12.6. The predicted molar refractivity (Wildman–Crippen MR) is 123 cm³/mol. The number of nitrogens with one attached hydrogen (secondary N) is 1. The van der Waals surface area contributed by atoms with Crippen LogP contribution in [-0.2, 0) is 25.8 Å². The van der Waals surface area contributed by atoms with Crippen molar-refractivity contribution in [1.29, 1.82) is 0 Å². The number of amidine groups is 1. The molecule has 2 aromatic carbocycles. The molecule has 1 spiro atoms. The van der Waals surface area contributed by atoms with Gasteiger partial charge in [0.2, 0.25) is 16.7 Å². The Bertz CT molecular complexity index is 1150. The Morgan fingerprint density at radius 1 is 1.22 bits per heavy atom. The molecule has 0 saturated heterocycles. The molecule has 2 aromatic rings. The SMILES string of the molecule is CCOc1ccccc1CN1C(=O)[C@]2(SC(NC(C)=O)=NN2C(C)=O)c2cc(Cl)ccc21. The molecular formula is C22H21ClN4O4S. The Morgan fingerprint density at radius 2 is 1.97 bits per heavy atom. The lowest BCUT2D eigenvalue weighted by Crippen LogP contribution is -2.48. The highest BCUT2D eigenvalue weighted by atomic mass is 35.5. The number of carbonyl (C=O) groups is 3. The van der Waals surface area contributed by atoms with E-state index in [1.165, 1.54) is 13.8 Å². The average molecular weight is 473 g/mol. The predicted octanol–water partition coefficient (Wildman–Crippen LogP) is 3.44. The Labute approximate surface area is 194 Å². The molecule has 2 aliphatic heterocycles. The van der Waals surface area contributed by atoms with Crippen LogP contribution in [0.15, 0.2) is 47.6 Å². The number of benzene rings is 2. The third-order valence-corrected chi connectivity index (χ3v) is 6.54. The quantitative estimate of drug-likeness (QED) is 0.736. The molecule has 0 aromatic heterocycles. The molecule has 4 rings (SSSR count). The highest BCUT2D eigenvalue weighted by molar-refractivity contribution is 8.15. The number of rotatable bonds is 4. The van der Waals surface area contributed by atoms with Gasteiger partial charge >= 0.3 is 0 Å². The summed E-state index contributed by atoms with van der Waals surface area (Å²) in [5, 5.41) is 8.55. The Kier molecular flexibility index (Phi) is 5.87. The first kappa shape index (κ1) is 22.2. The molecule has 0 saturated carbocycles. The molecule has 10 heteroatoms. The van der Waals surface area contributed by atoms with Gasteiger partial charge in [-0.05, 0) is 43.0 Å². The van der Waals surface area contributed by atoms with Crippen molar-refractivity contribution in [3.05, 3.63) is 58.6 Å². The van der Waals surface area contributed by atoms with Crippen LogP contribution in [0.1, 0.15) is 31.9 Å². The van der Waals surface area contributed by atoms with E-state index in [4.69, 9.17) is 16.3 Å². The fourth-order valence-corrected chi connectivity index (χ4v) is 5.34. The lowest BCUT2D eigenvalue weighted by atomic mass is 10.1. The number of halogens is 1. The van der Waals surface area contributed by atoms with Gasteiger partial charge in [0.25, 0.3) is 5.91 Å². The van der Waals surface area contributed by atoms with Crippen LogP contribution in [0.4, 0.5) is 5.69 Å². The van der Waals surface area contributed by atoms with Crippen molar-refractivity contribution in [2.45, 2.75) is 32.2 Å². The number of fused-ring (bicyclic) bond motifs is 2. The molecule has 1 atom stereocenters. The highest BCUT2D eigenvalue weighted by Crippen LogP contribution is 2.55. The number of thioether (sulfide) groups is 1. The lowest BCUT2D eigenvalue weighted by Gasteiger charge is -2.29. The summed E-state index contributed by atoms with van der Waals surface area (Å²) >= 11 is 7.30. The van der Waals surface area contributed by atoms with E-state index in [1.807, 2.05) is 31.2 Å². The summed E-state index contributed by atoms with van der Waals surface area (Å²) in [5.74, 6) is -0.466. The third kappa shape index (κ3) is 3.61. The highest BCUT2D eigenvalue weighted by Gasteiger charge is 2.61. The van der Waals surface area contributed by atoms with Crippen molar-refractivity contribution in [3.8, 4) is 5.75 Å². The van der Waals surface area contributed by atoms with Crippen LogP contribution in [0.2, 0.25) is 5.02 Å². The molecule has 0 radical (unpaired) electrons. The van der Waals surface area contributed by atoms with E-state index in [0.717, 1.165) is 22.3 Å². The summed E-state index contributed by atoms with van der Waals surface area (Å²) in [5.41, 5.74) is 1.97. The van der Waals surface area contributed by atoms with Crippen LogP contribution in [-0.4, -0.2) is 34.5 Å². The number of amides is 3. The summed E-state index contributed by atoms with van der Waals surface area (Å²) in [6.07, 6.45) is 0. The van der Waals surface area contributed by atoms with Gasteiger partial charge in [0.15, 0.2) is 5.17 Å². The Morgan fingerprint density at radius 3 is 2.66 bits per heavy atom. The van der Waals surface area contributed by atoms with Gasteiger partial charge in [0, 0.05) is 30.0 Å². The molecule has 0 fully saturated rings. The number of para-hydroxylation sites is 1. The van der Waals surface area contributed by atoms with E-state index in [2.05, 4.69) is 10.4 Å². The molecule has 8 nitrogen and oxygen atoms in total. The number of hydrogen-bond acceptors (Lipinski definition) is 6. The van der Waals surface area contributed by atoms with Crippen LogP contribution in [0.3, 0.4) is 0 Å². The fourth-order valence-electron chi connectivity index (χ4n) is 3.84. The van der Waals surface area contributed by atoms with Crippen molar-refractivity contribution in [2.24, 2.45) is 5.10 Å². The zero-order valence-electron chi connectivity index (χ0n) is 17.7. The minimum absolute atomic E-state index is 0.170. The molecule has 0 bridgehead atoms. The van der Waals surface area contributed by atoms with Crippen molar-refractivity contribution >= 4 is 51.9 Å². The van der Waals surface area contributed by atoms with E-state index >= 15 is 0 Å². The standard InChI is InChI=1S/C22H21ClN4O4S/c1-4-31-19-8-6-5-7-15(19)12-26-18-10-9-16(23)11-17(18)22(20(26)30)27(14(3)29)25-21(32-22)24-13(2)28/h5-11H,4,12H2,1-3H3,(H,24,25,28)/t22-/m1/s1. The smallest absolute Gasteiger partial charge is 0.271 e. The average Bonchev–Trinajstić information content (AvgIpc) is 3.22. The van der Waals surface area contributed by atoms with E-state index in [0.29, 0.717) is 28.6 Å². The van der Waals surface area contributed by atoms with Crippen molar-refractivity contribution in [2.75, 3.05) is 11.5 Å². The van der Waals surface area contributed by atoms with Gasteiger partial charge in [0.05, 0.1) is 18.8 Å². The maximum absolute atomic E-state index is 14.0. The maximum Gasteiger partial charge on any atom is 0.271 e. The second kappa shape index (κ2) is 8.48. The van der Waals surface area contributed by atoms with Crippen LogP contribution < -0.4 is 15.0 Å². The van der Waals surface area contributed by atoms with Gasteiger partial charge in [0.1, 0.15) is 5.75 Å². The van der Waals surface area contributed by atoms with E-state index in [-0.39, 0.29) is 23.5 Å². The second-order valence-electron chi connectivity index (χ2n) is 7.26. The number of anilines is 1. The van der Waals surface area contributed by atoms with Crippen molar-refractivity contribution in [1.82, 2.24) is 10.3 Å². The van der Waals surface area contributed by atoms with Gasteiger partial charge in [-0.3, -0.25) is 14.4 Å². The second-order valence-corrected chi connectivity index (χ2v) is 8.87. The van der Waals surface area contributed by atoms with E-state index < -0.39 is 10.8 Å². The van der Waals surface area contributed by atoms with Crippen molar-refractivity contribution < 1.29 is 19.1 Å². The number of hydrogen-bond donors (Lipinski definition) is 1. The molecule has 166 valence electrons. The molecule has 1 N–H and O–H groups in total. The Hall–Kier alpha value is -3.04. The zero-order chi connectivity index (χ0) is 23.0. The third-order valence-electron chi connectivity index (χ3n) is 5.07. The monoisotopic (exact) mass is 472 g/mol. The van der Waals surface area contributed by atoms with Crippen LogP contribution in [0, 0.1) is 0 Å². The van der Waals surface area contributed by atoms with Gasteiger partial charge < -0.3 is 15.0 Å². The number of nitrogens with zero attached hydrogens (tertiary/aromatic N) is 3. The van der Waals surface area contributed by atoms with Gasteiger partial charge in [-0.25, -0.2) is 0 Å². The number of hydrazone groups is 1. The molecule has 2 aliphatic rings. The van der Waals surface area contributed by atoms with Gasteiger partial charge in [-0.2, -0.15) is 5.01 Å². The molecular weight excluding hydrogens is 452 g/mol. The molecule has 32 heavy (non-hydrogen) atoms. The van der Waals surface area contributed by atoms with Gasteiger partial charge in [-0.1, -0.05) is 29.8 Å². The lowest BCUT2D eigenvalue weighted by molar-refractivity contribution is -0.139. The normalized spacial score (nSPS) is 19.2. The summed E-state index contributed by atoms with van der Waals surface area (Å²) < 4.78 is 5.73. The van der Waals surface area contributed by atoms with Crippen LogP contribution in [0.25, 0.3) is 0 Å². The first-order valence-corrected chi connectivity index (χ1v) is 11.2. The fraction of sp³-hybridized carbons (Fsp3) is 0.273. The number of carbonyl (C=O) groups excluding carboxylic acids is 3. The first-order valence-electron chi connectivity index (χ1n) is 9.96. The Balaban J connectivity index is 1.82. The minimum Gasteiger partial charge on any atom is -0.494 e. The minimum atomic E-state index is -1.50. The number of ether oxygens (including phenoxy) is 1. The summed E-state index contributed by atoms with van der Waals surface area (Å²) in [7, 11) is 0.